The maximum atomic E-state index is 12.4. The summed E-state index contributed by atoms with van der Waals surface area (Å²) in [4.78, 5) is 26.0. The van der Waals surface area contributed by atoms with E-state index in [1.54, 1.807) is 6.07 Å². The zero-order chi connectivity index (χ0) is 19.1. The Morgan fingerprint density at radius 3 is 2.52 bits per heavy atom. The van der Waals surface area contributed by atoms with E-state index in [1.165, 1.54) is 4.90 Å². The number of para-hydroxylation sites is 2. The van der Waals surface area contributed by atoms with Crippen molar-refractivity contribution in [3.8, 4) is 11.5 Å². The van der Waals surface area contributed by atoms with Gasteiger partial charge >= 0.3 is 11.8 Å². The molecule has 0 saturated carbocycles. The number of rotatable bonds is 6. The van der Waals surface area contributed by atoms with E-state index in [-0.39, 0.29) is 39.0 Å². The number of aliphatic hydroxyl groups excluding tert-OH is 1. The minimum absolute atomic E-state index is 0.0809. The Morgan fingerprint density at radius 2 is 1.78 bits per heavy atom. The van der Waals surface area contributed by atoms with Crippen LogP contribution in [0.15, 0.2) is 54.6 Å². The summed E-state index contributed by atoms with van der Waals surface area (Å²) in [5.74, 6) is -0.152. The fourth-order valence-electron chi connectivity index (χ4n) is 2.77. The summed E-state index contributed by atoms with van der Waals surface area (Å²) >= 11 is 0. The van der Waals surface area contributed by atoms with Gasteiger partial charge in [-0.2, -0.15) is 0 Å². The molecule has 1 aliphatic heterocycles. The van der Waals surface area contributed by atoms with Crippen molar-refractivity contribution in [2.24, 2.45) is 0 Å². The van der Waals surface area contributed by atoms with Crippen molar-refractivity contribution in [3.05, 3.63) is 60.2 Å². The van der Waals surface area contributed by atoms with Gasteiger partial charge in [-0.25, -0.2) is 0 Å². The van der Waals surface area contributed by atoms with Gasteiger partial charge in [-0.15, -0.1) is 0 Å². The summed E-state index contributed by atoms with van der Waals surface area (Å²) in [6, 6.07) is 16.6. The molecule has 0 fully saturated rings. The minimum Gasteiger partial charge on any atom is -0.486 e. The number of ether oxygens (including phenoxy) is 2. The van der Waals surface area contributed by atoms with E-state index >= 15 is 0 Å². The first kappa shape index (κ1) is 18.7. The molecule has 142 valence electrons. The van der Waals surface area contributed by atoms with Crippen molar-refractivity contribution in [2.75, 3.05) is 26.3 Å². The maximum Gasteiger partial charge on any atom is 0.312 e. The molecule has 7 heteroatoms. The van der Waals surface area contributed by atoms with Crippen LogP contribution in [-0.4, -0.2) is 54.2 Å². The lowest BCUT2D eigenvalue weighted by Gasteiger charge is -2.27. The van der Waals surface area contributed by atoms with Crippen LogP contribution in [0.1, 0.15) is 5.56 Å². The molecule has 2 amide bonds. The highest BCUT2D eigenvalue weighted by Crippen LogP contribution is 2.30. The second-order valence-electron chi connectivity index (χ2n) is 6.14. The topological polar surface area (TPSA) is 88.1 Å². The van der Waals surface area contributed by atoms with E-state index in [1.807, 2.05) is 48.5 Å². The summed E-state index contributed by atoms with van der Waals surface area (Å²) < 4.78 is 11.4. The standard InChI is InChI=1S/C20H22N2O5/c23-11-10-22(13-15-6-2-1-3-7-15)20(25)19(24)21-12-16-14-26-17-8-4-5-9-18(17)27-16/h1-9,16,23H,10-14H2,(H,21,24). The molecule has 3 rings (SSSR count). The fourth-order valence-corrected chi connectivity index (χ4v) is 2.77. The quantitative estimate of drug-likeness (QED) is 0.740. The van der Waals surface area contributed by atoms with Gasteiger partial charge in [0.1, 0.15) is 12.7 Å². The zero-order valence-corrected chi connectivity index (χ0v) is 14.8. The van der Waals surface area contributed by atoms with Gasteiger partial charge in [0.25, 0.3) is 0 Å². The van der Waals surface area contributed by atoms with Gasteiger partial charge in [0.15, 0.2) is 11.5 Å². The molecule has 1 heterocycles. The van der Waals surface area contributed by atoms with Gasteiger partial charge in [0.2, 0.25) is 0 Å². The molecule has 0 spiro atoms. The van der Waals surface area contributed by atoms with E-state index in [4.69, 9.17) is 9.47 Å². The molecular formula is C20H22N2O5. The first-order valence-corrected chi connectivity index (χ1v) is 8.77. The van der Waals surface area contributed by atoms with Gasteiger partial charge in [0.05, 0.1) is 13.2 Å². The number of hydrogen-bond acceptors (Lipinski definition) is 5. The molecule has 0 aromatic heterocycles. The van der Waals surface area contributed by atoms with E-state index in [9.17, 15) is 14.7 Å². The largest absolute Gasteiger partial charge is 0.486 e. The van der Waals surface area contributed by atoms with Crippen LogP contribution in [0.4, 0.5) is 0 Å². The lowest BCUT2D eigenvalue weighted by Crippen LogP contribution is -2.47. The van der Waals surface area contributed by atoms with Gasteiger partial charge in [0, 0.05) is 13.1 Å². The molecule has 7 nitrogen and oxygen atoms in total. The third kappa shape index (κ3) is 4.98. The molecule has 2 aromatic rings. The van der Waals surface area contributed by atoms with Crippen LogP contribution >= 0.6 is 0 Å². The molecule has 1 atom stereocenters. The van der Waals surface area contributed by atoms with Crippen LogP contribution in [0.3, 0.4) is 0 Å². The normalized spacial score (nSPS) is 15.1. The molecular weight excluding hydrogens is 348 g/mol. The second kappa shape index (κ2) is 9.05. The predicted octanol–water partition coefficient (Wildman–Crippen LogP) is 0.964. The summed E-state index contributed by atoms with van der Waals surface area (Å²) in [6.45, 7) is 0.552. The number of carbonyl (C=O) groups excluding carboxylic acids is 2. The van der Waals surface area contributed by atoms with Gasteiger partial charge in [-0.3, -0.25) is 9.59 Å². The number of hydrogen-bond donors (Lipinski definition) is 2. The van der Waals surface area contributed by atoms with Crippen LogP contribution in [0.25, 0.3) is 0 Å². The lowest BCUT2D eigenvalue weighted by atomic mass is 10.2. The number of amides is 2. The fraction of sp³-hybridized carbons (Fsp3) is 0.300. The first-order chi connectivity index (χ1) is 13.2. The van der Waals surface area contributed by atoms with Crippen LogP contribution in [0.2, 0.25) is 0 Å². The monoisotopic (exact) mass is 370 g/mol. The predicted molar refractivity (Wildman–Crippen MR) is 98.3 cm³/mol. The molecule has 0 radical (unpaired) electrons. The molecule has 2 N–H and O–H groups in total. The summed E-state index contributed by atoms with van der Waals surface area (Å²) in [5.41, 5.74) is 0.882. The summed E-state index contributed by atoms with van der Waals surface area (Å²) in [6.07, 6.45) is -0.378. The van der Waals surface area contributed by atoms with Crippen molar-refractivity contribution >= 4 is 11.8 Å². The summed E-state index contributed by atoms with van der Waals surface area (Å²) in [5, 5.41) is 11.8. The number of nitrogens with zero attached hydrogens (tertiary/aromatic N) is 1. The average Bonchev–Trinajstić information content (AvgIpc) is 2.71. The third-order valence-corrected chi connectivity index (χ3v) is 4.13. The Morgan fingerprint density at radius 1 is 1.07 bits per heavy atom. The van der Waals surface area contributed by atoms with Gasteiger partial charge in [-0.1, -0.05) is 42.5 Å². The average molecular weight is 370 g/mol. The zero-order valence-electron chi connectivity index (χ0n) is 14.8. The highest BCUT2D eigenvalue weighted by Gasteiger charge is 2.25. The molecule has 2 aromatic carbocycles. The van der Waals surface area contributed by atoms with Crippen LogP contribution < -0.4 is 14.8 Å². The van der Waals surface area contributed by atoms with E-state index in [0.717, 1.165) is 5.56 Å². The van der Waals surface area contributed by atoms with E-state index in [0.29, 0.717) is 11.5 Å². The maximum absolute atomic E-state index is 12.4. The minimum atomic E-state index is -0.734. The van der Waals surface area contributed by atoms with E-state index in [2.05, 4.69) is 5.32 Å². The number of carbonyl (C=O) groups is 2. The molecule has 0 aliphatic carbocycles. The number of aliphatic hydroxyl groups is 1. The molecule has 1 unspecified atom stereocenters. The highest BCUT2D eigenvalue weighted by atomic mass is 16.6. The second-order valence-corrected chi connectivity index (χ2v) is 6.14. The molecule has 0 saturated heterocycles. The van der Waals surface area contributed by atoms with Crippen molar-refractivity contribution in [1.29, 1.82) is 0 Å². The molecule has 27 heavy (non-hydrogen) atoms. The smallest absolute Gasteiger partial charge is 0.312 e. The van der Waals surface area contributed by atoms with Gasteiger partial charge in [-0.05, 0) is 17.7 Å². The number of fused-ring (bicyclic) bond motifs is 1. The Bertz CT molecular complexity index is 781. The van der Waals surface area contributed by atoms with E-state index < -0.39 is 11.8 Å². The highest BCUT2D eigenvalue weighted by molar-refractivity contribution is 6.34. The van der Waals surface area contributed by atoms with Crippen LogP contribution in [0.5, 0.6) is 11.5 Å². The van der Waals surface area contributed by atoms with Crippen molar-refractivity contribution in [1.82, 2.24) is 10.2 Å². The lowest BCUT2D eigenvalue weighted by molar-refractivity contribution is -0.146. The summed E-state index contributed by atoms with van der Waals surface area (Å²) in [7, 11) is 0. The van der Waals surface area contributed by atoms with Crippen molar-refractivity contribution < 1.29 is 24.2 Å². The SMILES string of the molecule is O=C(NCC1COc2ccccc2O1)C(=O)N(CCO)Cc1ccccc1. The van der Waals surface area contributed by atoms with Gasteiger partial charge < -0.3 is 24.8 Å². The van der Waals surface area contributed by atoms with Crippen molar-refractivity contribution in [3.63, 3.8) is 0 Å². The Hall–Kier alpha value is -3.06. The Balaban J connectivity index is 1.54. The number of nitrogens with one attached hydrogen (secondary N) is 1. The van der Waals surface area contributed by atoms with Crippen LogP contribution in [-0.2, 0) is 16.1 Å². The van der Waals surface area contributed by atoms with Crippen LogP contribution in [0, 0.1) is 0 Å². The third-order valence-electron chi connectivity index (χ3n) is 4.13. The number of benzene rings is 2. The Kier molecular flexibility index (Phi) is 6.27. The van der Waals surface area contributed by atoms with Crippen molar-refractivity contribution in [2.45, 2.75) is 12.6 Å². The molecule has 1 aliphatic rings. The Labute approximate surface area is 157 Å². The molecule has 0 bridgehead atoms. The first-order valence-electron chi connectivity index (χ1n) is 8.77.